The Labute approximate surface area is 204 Å². The minimum absolute atomic E-state index is 0.0190. The van der Waals surface area contributed by atoms with Gasteiger partial charge in [-0.25, -0.2) is 8.42 Å². The number of hydrogen-bond acceptors (Lipinski definition) is 6. The summed E-state index contributed by atoms with van der Waals surface area (Å²) in [6.07, 6.45) is 4.50. The third kappa shape index (κ3) is 5.58. The van der Waals surface area contributed by atoms with Gasteiger partial charge in [0.15, 0.2) is 16.4 Å². The average Bonchev–Trinajstić information content (AvgIpc) is 3.25. The average molecular weight is 494 g/mol. The second-order valence-corrected chi connectivity index (χ2v) is 10.4. The van der Waals surface area contributed by atoms with E-state index in [0.29, 0.717) is 30.6 Å². The van der Waals surface area contributed by atoms with Gasteiger partial charge in [-0.1, -0.05) is 41.6 Å². The first-order valence-electron chi connectivity index (χ1n) is 11.4. The van der Waals surface area contributed by atoms with Crippen molar-refractivity contribution in [1.82, 2.24) is 9.46 Å². The molecule has 1 aliphatic heterocycles. The highest BCUT2D eigenvalue weighted by Crippen LogP contribution is 2.29. The summed E-state index contributed by atoms with van der Waals surface area (Å²) < 4.78 is 33.8. The monoisotopic (exact) mass is 493 g/mol. The van der Waals surface area contributed by atoms with Gasteiger partial charge in [0.2, 0.25) is 15.9 Å². The number of sulfonamides is 1. The van der Waals surface area contributed by atoms with Gasteiger partial charge in [0.05, 0.1) is 5.92 Å². The number of rotatable bonds is 7. The van der Waals surface area contributed by atoms with Gasteiger partial charge in [-0.05, 0) is 62.6 Å². The molecule has 0 aliphatic carbocycles. The van der Waals surface area contributed by atoms with Crippen LogP contribution in [-0.4, -0.2) is 42.7 Å². The zero-order chi connectivity index (χ0) is 25.0. The van der Waals surface area contributed by atoms with E-state index in [4.69, 9.17) is 4.52 Å². The van der Waals surface area contributed by atoms with Crippen LogP contribution in [0.5, 0.6) is 0 Å². The Hall–Kier alpha value is -3.56. The van der Waals surface area contributed by atoms with Crippen molar-refractivity contribution in [2.24, 2.45) is 5.92 Å². The molecule has 1 atom stereocenters. The van der Waals surface area contributed by atoms with Gasteiger partial charge in [0, 0.05) is 24.3 Å². The fraction of sp³-hybridized carbons (Fsp3) is 0.269. The van der Waals surface area contributed by atoms with Gasteiger partial charge < -0.3 is 9.84 Å². The minimum atomic E-state index is -3.93. The molecule has 1 N–H and O–H groups in total. The van der Waals surface area contributed by atoms with Crippen LogP contribution in [0.15, 0.2) is 64.0 Å². The number of carbonyl (C=O) groups is 2. The summed E-state index contributed by atoms with van der Waals surface area (Å²) in [4.78, 5) is 24.4. The second kappa shape index (κ2) is 10.4. The van der Waals surface area contributed by atoms with Crippen molar-refractivity contribution in [1.29, 1.82) is 0 Å². The van der Waals surface area contributed by atoms with E-state index in [-0.39, 0.29) is 34.6 Å². The van der Waals surface area contributed by atoms with Gasteiger partial charge in [-0.15, -0.1) is 0 Å². The number of amides is 1. The van der Waals surface area contributed by atoms with Crippen molar-refractivity contribution in [3.8, 4) is 0 Å². The van der Waals surface area contributed by atoms with E-state index in [1.165, 1.54) is 11.2 Å². The van der Waals surface area contributed by atoms with E-state index >= 15 is 0 Å². The first-order valence-corrected chi connectivity index (χ1v) is 12.8. The predicted molar refractivity (Wildman–Crippen MR) is 133 cm³/mol. The van der Waals surface area contributed by atoms with Crippen LogP contribution in [0.1, 0.15) is 47.1 Å². The lowest BCUT2D eigenvalue weighted by Crippen LogP contribution is -2.43. The molecule has 0 spiro atoms. The summed E-state index contributed by atoms with van der Waals surface area (Å²) in [7, 11) is -3.93. The zero-order valence-corrected chi connectivity index (χ0v) is 20.4. The zero-order valence-electron chi connectivity index (χ0n) is 19.6. The fourth-order valence-electron chi connectivity index (χ4n) is 4.07. The van der Waals surface area contributed by atoms with Crippen molar-refractivity contribution in [2.45, 2.75) is 31.6 Å². The van der Waals surface area contributed by atoms with Gasteiger partial charge in [0.25, 0.3) is 0 Å². The Balaban J connectivity index is 1.50. The van der Waals surface area contributed by atoms with Crippen LogP contribution in [0.3, 0.4) is 0 Å². The normalized spacial score (nSPS) is 16.9. The Morgan fingerprint density at radius 3 is 2.49 bits per heavy atom. The van der Waals surface area contributed by atoms with E-state index in [1.54, 1.807) is 43.3 Å². The van der Waals surface area contributed by atoms with Gasteiger partial charge in [-0.2, -0.15) is 4.31 Å². The first kappa shape index (κ1) is 24.6. The van der Waals surface area contributed by atoms with Crippen LogP contribution >= 0.6 is 0 Å². The van der Waals surface area contributed by atoms with Gasteiger partial charge in [-0.3, -0.25) is 9.59 Å². The molecule has 2 aromatic carbocycles. The molecule has 1 saturated heterocycles. The van der Waals surface area contributed by atoms with Crippen molar-refractivity contribution in [3.63, 3.8) is 0 Å². The second-order valence-electron chi connectivity index (χ2n) is 8.53. The molecule has 3 aromatic rings. The Kier molecular flexibility index (Phi) is 7.28. The van der Waals surface area contributed by atoms with Crippen molar-refractivity contribution in [3.05, 3.63) is 77.2 Å². The highest BCUT2D eigenvalue weighted by atomic mass is 32.2. The molecule has 182 valence electrons. The molecule has 9 heteroatoms. The molecular weight excluding hydrogens is 466 g/mol. The number of anilines is 1. The number of benzene rings is 2. The molecule has 1 aromatic heterocycles. The topological polar surface area (TPSA) is 110 Å². The number of nitrogens with zero attached hydrogens (tertiary/aromatic N) is 2. The predicted octanol–water partition coefficient (Wildman–Crippen LogP) is 4.40. The van der Waals surface area contributed by atoms with Crippen LogP contribution in [0, 0.1) is 12.8 Å². The van der Waals surface area contributed by atoms with Crippen molar-refractivity contribution in [2.75, 3.05) is 18.4 Å². The van der Waals surface area contributed by atoms with Gasteiger partial charge >= 0.3 is 0 Å². The molecule has 1 aliphatic rings. The fourth-order valence-corrected chi connectivity index (χ4v) is 5.85. The number of hydrogen-bond donors (Lipinski definition) is 1. The lowest BCUT2D eigenvalue weighted by Gasteiger charge is -2.31. The molecule has 4 rings (SSSR count). The molecule has 0 radical (unpaired) electrons. The summed E-state index contributed by atoms with van der Waals surface area (Å²) in [5.74, 6) is -0.664. The van der Waals surface area contributed by atoms with Crippen molar-refractivity contribution >= 4 is 39.6 Å². The SMILES string of the molecule is CC(=O)c1ccc(NC(=O)[C@H]2CCCN(S(=O)(=O)c3c(C)noc3/C=C/c3ccccc3)C2)cc1. The molecule has 35 heavy (non-hydrogen) atoms. The van der Waals surface area contributed by atoms with Crippen LogP contribution in [0.4, 0.5) is 5.69 Å². The van der Waals surface area contributed by atoms with E-state index in [2.05, 4.69) is 10.5 Å². The van der Waals surface area contributed by atoms with Gasteiger partial charge in [0.1, 0.15) is 5.69 Å². The number of aryl methyl sites for hydroxylation is 1. The maximum atomic E-state index is 13.6. The largest absolute Gasteiger partial charge is 0.355 e. The van der Waals surface area contributed by atoms with Crippen LogP contribution in [0.25, 0.3) is 12.2 Å². The van der Waals surface area contributed by atoms with E-state index in [1.807, 2.05) is 30.3 Å². The molecule has 0 unspecified atom stereocenters. The smallest absolute Gasteiger partial charge is 0.248 e. The first-order chi connectivity index (χ1) is 16.8. The van der Waals surface area contributed by atoms with Crippen molar-refractivity contribution < 1.29 is 22.5 Å². The molecule has 0 saturated carbocycles. The summed E-state index contributed by atoms with van der Waals surface area (Å²) in [6.45, 7) is 3.44. The number of Topliss-reactive ketones (excluding diaryl/α,β-unsaturated/α-hetero) is 1. The van der Waals surface area contributed by atoms with Crippen LogP contribution in [-0.2, 0) is 14.8 Å². The maximum Gasteiger partial charge on any atom is 0.248 e. The summed E-state index contributed by atoms with van der Waals surface area (Å²) in [5, 5.41) is 6.72. The molecular formula is C26H27N3O5S. The maximum absolute atomic E-state index is 13.6. The number of nitrogens with one attached hydrogen (secondary N) is 1. The number of ketones is 1. The van der Waals surface area contributed by atoms with Crippen LogP contribution in [0.2, 0.25) is 0 Å². The number of piperidine rings is 1. The third-order valence-corrected chi connectivity index (χ3v) is 8.00. The van der Waals surface area contributed by atoms with E-state index in [0.717, 1.165) is 5.56 Å². The highest BCUT2D eigenvalue weighted by molar-refractivity contribution is 7.89. The Morgan fingerprint density at radius 2 is 1.80 bits per heavy atom. The van der Waals surface area contributed by atoms with Crippen LogP contribution < -0.4 is 5.32 Å². The quantitative estimate of drug-likeness (QED) is 0.489. The Morgan fingerprint density at radius 1 is 1.09 bits per heavy atom. The summed E-state index contributed by atoms with van der Waals surface area (Å²) in [5.41, 5.74) is 2.29. The molecule has 0 bridgehead atoms. The standard InChI is InChI=1S/C26H27N3O5S/c1-18-25(24(34-28-18)15-10-20-7-4-3-5-8-20)35(32,33)29-16-6-9-22(17-29)26(31)27-23-13-11-21(12-14-23)19(2)30/h3-5,7-8,10-15,22H,6,9,16-17H2,1-2H3,(H,27,31)/b15-10+/t22-/m0/s1. The van der Waals surface area contributed by atoms with E-state index in [9.17, 15) is 18.0 Å². The molecule has 2 heterocycles. The highest BCUT2D eigenvalue weighted by Gasteiger charge is 2.37. The minimum Gasteiger partial charge on any atom is -0.355 e. The summed E-state index contributed by atoms with van der Waals surface area (Å²) in [6, 6.07) is 16.1. The lowest BCUT2D eigenvalue weighted by atomic mass is 9.98. The Bertz CT molecular complexity index is 1350. The number of aromatic nitrogens is 1. The number of carbonyl (C=O) groups excluding carboxylic acids is 2. The summed E-state index contributed by atoms with van der Waals surface area (Å²) >= 11 is 0. The lowest BCUT2D eigenvalue weighted by molar-refractivity contribution is -0.120. The third-order valence-electron chi connectivity index (χ3n) is 5.97. The van der Waals surface area contributed by atoms with E-state index < -0.39 is 15.9 Å². The molecule has 1 fully saturated rings. The molecule has 1 amide bonds. The molecule has 8 nitrogen and oxygen atoms in total.